The number of hydrogen-bond acceptors (Lipinski definition) is 4. The molecule has 3 heterocycles. The minimum absolute atomic E-state index is 0.0362. The fraction of sp³-hybridized carbons (Fsp3) is 0.571. The number of nitrogens with one attached hydrogen (secondary N) is 1. The maximum absolute atomic E-state index is 11.9. The lowest BCUT2D eigenvalue weighted by atomic mass is 9.83. The number of fused-ring (bicyclic) bond motifs is 1. The fourth-order valence-corrected chi connectivity index (χ4v) is 2.98. The Balaban J connectivity index is 1.80. The van der Waals surface area contributed by atoms with Gasteiger partial charge in [0.1, 0.15) is 0 Å². The Kier molecular flexibility index (Phi) is 3.35. The molecule has 1 aliphatic heterocycles. The zero-order valence-corrected chi connectivity index (χ0v) is 11.7. The molecule has 3 rings (SSSR count). The second kappa shape index (κ2) is 5.03. The maximum Gasteiger partial charge on any atom is 0.272 e. The van der Waals surface area contributed by atoms with E-state index in [1.165, 1.54) is 4.52 Å². The molecule has 0 saturated carbocycles. The number of aliphatic hydroxyl groups excluding tert-OH is 1. The second-order valence-corrected chi connectivity index (χ2v) is 6.02. The number of aliphatic hydroxyl groups is 1. The Morgan fingerprint density at radius 2 is 2.40 bits per heavy atom. The van der Waals surface area contributed by atoms with Crippen LogP contribution in [0.1, 0.15) is 25.5 Å². The summed E-state index contributed by atoms with van der Waals surface area (Å²) >= 11 is 0. The van der Waals surface area contributed by atoms with Crippen LogP contribution in [-0.4, -0.2) is 44.3 Å². The molecular formula is C14H20N4O2. The Bertz CT molecular complexity index is 662. The number of aromatic amines is 1. The molecule has 0 aromatic carbocycles. The van der Waals surface area contributed by atoms with Crippen LogP contribution in [0, 0.1) is 5.41 Å². The summed E-state index contributed by atoms with van der Waals surface area (Å²) in [5, 5.41) is 12.3. The van der Waals surface area contributed by atoms with E-state index in [-0.39, 0.29) is 17.6 Å². The molecule has 1 fully saturated rings. The van der Waals surface area contributed by atoms with Crippen molar-refractivity contribution in [2.45, 2.75) is 26.3 Å². The number of piperidine rings is 1. The molecule has 1 aliphatic rings. The van der Waals surface area contributed by atoms with Gasteiger partial charge in [0, 0.05) is 43.4 Å². The van der Waals surface area contributed by atoms with E-state index in [0.29, 0.717) is 12.2 Å². The highest BCUT2D eigenvalue weighted by molar-refractivity contribution is 5.36. The molecule has 2 aromatic heterocycles. The van der Waals surface area contributed by atoms with E-state index in [1.807, 2.05) is 0 Å². The normalized spacial score (nSPS) is 24.3. The largest absolute Gasteiger partial charge is 0.396 e. The van der Waals surface area contributed by atoms with Crippen molar-refractivity contribution < 1.29 is 5.11 Å². The topological polar surface area (TPSA) is 73.6 Å². The van der Waals surface area contributed by atoms with Crippen molar-refractivity contribution >= 4 is 5.65 Å². The Morgan fingerprint density at radius 1 is 1.55 bits per heavy atom. The monoisotopic (exact) mass is 276 g/mol. The number of H-pyrrole nitrogens is 1. The molecule has 0 radical (unpaired) electrons. The van der Waals surface area contributed by atoms with Crippen LogP contribution in [-0.2, 0) is 6.54 Å². The van der Waals surface area contributed by atoms with E-state index in [0.717, 1.165) is 31.6 Å². The van der Waals surface area contributed by atoms with Crippen molar-refractivity contribution in [3.63, 3.8) is 0 Å². The third kappa shape index (κ3) is 2.48. The van der Waals surface area contributed by atoms with Gasteiger partial charge in [0.25, 0.3) is 5.56 Å². The smallest absolute Gasteiger partial charge is 0.272 e. The first-order chi connectivity index (χ1) is 9.59. The number of likely N-dealkylation sites (tertiary alicyclic amines) is 1. The molecule has 0 aliphatic carbocycles. The van der Waals surface area contributed by atoms with Crippen LogP contribution in [0.3, 0.4) is 0 Å². The molecule has 6 nitrogen and oxygen atoms in total. The van der Waals surface area contributed by atoms with E-state index < -0.39 is 0 Å². The number of nitrogens with zero attached hydrogens (tertiary/aromatic N) is 3. The Labute approximate surface area is 117 Å². The predicted octanol–water partition coefficient (Wildman–Crippen LogP) is 0.617. The quantitative estimate of drug-likeness (QED) is 0.862. The highest BCUT2D eigenvalue weighted by Crippen LogP contribution is 2.29. The van der Waals surface area contributed by atoms with Gasteiger partial charge in [-0.15, -0.1) is 0 Å². The molecule has 0 spiro atoms. The standard InChI is InChI=1S/C14H20N4O2/c1-14(10-19)4-2-6-17(9-14)8-11-7-13(20)18-12(16-11)3-5-15-18/h3,5,7,15,19H,2,4,6,8-10H2,1H3. The van der Waals surface area contributed by atoms with Crippen LogP contribution in [0.2, 0.25) is 0 Å². The van der Waals surface area contributed by atoms with Crippen molar-refractivity contribution in [1.29, 1.82) is 0 Å². The van der Waals surface area contributed by atoms with Crippen molar-refractivity contribution in [3.8, 4) is 0 Å². The molecule has 0 bridgehead atoms. The average Bonchev–Trinajstić information content (AvgIpc) is 2.88. The van der Waals surface area contributed by atoms with Gasteiger partial charge in [-0.3, -0.25) is 14.8 Å². The number of aromatic nitrogens is 3. The van der Waals surface area contributed by atoms with Gasteiger partial charge in [-0.1, -0.05) is 6.92 Å². The summed E-state index contributed by atoms with van der Waals surface area (Å²) in [5.74, 6) is 0. The van der Waals surface area contributed by atoms with Gasteiger partial charge >= 0.3 is 0 Å². The van der Waals surface area contributed by atoms with Crippen LogP contribution >= 0.6 is 0 Å². The lowest BCUT2D eigenvalue weighted by Gasteiger charge is -2.39. The first-order valence-corrected chi connectivity index (χ1v) is 6.99. The highest BCUT2D eigenvalue weighted by atomic mass is 16.3. The summed E-state index contributed by atoms with van der Waals surface area (Å²) < 4.78 is 1.43. The zero-order chi connectivity index (χ0) is 14.2. The summed E-state index contributed by atoms with van der Waals surface area (Å²) in [4.78, 5) is 18.7. The summed E-state index contributed by atoms with van der Waals surface area (Å²) in [7, 11) is 0. The van der Waals surface area contributed by atoms with E-state index in [4.69, 9.17) is 0 Å². The van der Waals surface area contributed by atoms with Gasteiger partial charge in [-0.25, -0.2) is 9.50 Å². The SMILES string of the molecule is CC1(CO)CCCN(Cc2cc(=O)n3[nH]ccc3n2)C1. The molecule has 108 valence electrons. The average molecular weight is 276 g/mol. The first-order valence-electron chi connectivity index (χ1n) is 6.99. The zero-order valence-electron chi connectivity index (χ0n) is 11.7. The van der Waals surface area contributed by atoms with Gasteiger partial charge in [0.2, 0.25) is 0 Å². The highest BCUT2D eigenvalue weighted by Gasteiger charge is 2.30. The van der Waals surface area contributed by atoms with Crippen LogP contribution in [0.25, 0.3) is 5.65 Å². The fourth-order valence-electron chi connectivity index (χ4n) is 2.98. The van der Waals surface area contributed by atoms with Crippen molar-refractivity contribution in [2.24, 2.45) is 5.41 Å². The van der Waals surface area contributed by atoms with Crippen molar-refractivity contribution in [2.75, 3.05) is 19.7 Å². The molecule has 1 atom stereocenters. The summed E-state index contributed by atoms with van der Waals surface area (Å²) in [6.45, 7) is 4.81. The third-order valence-corrected chi connectivity index (χ3v) is 4.06. The lowest BCUT2D eigenvalue weighted by Crippen LogP contribution is -2.43. The van der Waals surface area contributed by atoms with Crippen LogP contribution in [0.4, 0.5) is 0 Å². The minimum Gasteiger partial charge on any atom is -0.396 e. The van der Waals surface area contributed by atoms with E-state index in [9.17, 15) is 9.90 Å². The van der Waals surface area contributed by atoms with Gasteiger partial charge in [0.15, 0.2) is 5.65 Å². The molecule has 2 aromatic rings. The first kappa shape index (κ1) is 13.3. The third-order valence-electron chi connectivity index (χ3n) is 4.06. The summed E-state index contributed by atoms with van der Waals surface area (Å²) in [5.41, 5.74) is 1.31. The van der Waals surface area contributed by atoms with Crippen LogP contribution in [0.15, 0.2) is 23.1 Å². The summed E-state index contributed by atoms with van der Waals surface area (Å²) in [6, 6.07) is 3.37. The molecule has 20 heavy (non-hydrogen) atoms. The molecule has 1 unspecified atom stereocenters. The van der Waals surface area contributed by atoms with E-state index in [2.05, 4.69) is 21.9 Å². The van der Waals surface area contributed by atoms with Crippen LogP contribution < -0.4 is 5.56 Å². The summed E-state index contributed by atoms with van der Waals surface area (Å²) in [6.07, 6.45) is 3.83. The minimum atomic E-state index is -0.0862. The van der Waals surface area contributed by atoms with Crippen molar-refractivity contribution in [3.05, 3.63) is 34.4 Å². The van der Waals surface area contributed by atoms with Gasteiger partial charge in [-0.05, 0) is 19.4 Å². The number of rotatable bonds is 3. The Morgan fingerprint density at radius 3 is 3.20 bits per heavy atom. The maximum atomic E-state index is 11.9. The number of hydrogen-bond donors (Lipinski definition) is 2. The lowest BCUT2D eigenvalue weighted by molar-refractivity contribution is 0.0424. The van der Waals surface area contributed by atoms with Gasteiger partial charge in [-0.2, -0.15) is 0 Å². The molecule has 0 amide bonds. The van der Waals surface area contributed by atoms with E-state index in [1.54, 1.807) is 18.3 Å². The van der Waals surface area contributed by atoms with Gasteiger partial charge in [0.05, 0.1) is 5.69 Å². The molecule has 1 saturated heterocycles. The Hall–Kier alpha value is -1.66. The molecule has 2 N–H and O–H groups in total. The van der Waals surface area contributed by atoms with E-state index >= 15 is 0 Å². The second-order valence-electron chi connectivity index (χ2n) is 6.02. The van der Waals surface area contributed by atoms with Crippen molar-refractivity contribution in [1.82, 2.24) is 19.5 Å². The molecular weight excluding hydrogens is 256 g/mol. The predicted molar refractivity (Wildman–Crippen MR) is 75.5 cm³/mol. The van der Waals surface area contributed by atoms with Crippen LogP contribution in [0.5, 0.6) is 0 Å². The van der Waals surface area contributed by atoms with Gasteiger partial charge < -0.3 is 5.11 Å². The molecule has 6 heteroatoms.